The lowest BCUT2D eigenvalue weighted by molar-refractivity contribution is -0.103. The Morgan fingerprint density at radius 1 is 1.16 bits per heavy atom. The smallest absolute Gasteiger partial charge is 0.414 e. The molecule has 9 nitrogen and oxygen atoms in total. The van der Waals surface area contributed by atoms with Crippen LogP contribution in [0.1, 0.15) is 63.9 Å². The number of anilines is 1. The van der Waals surface area contributed by atoms with Gasteiger partial charge in [-0.3, -0.25) is 4.90 Å². The van der Waals surface area contributed by atoms with Gasteiger partial charge in [0.15, 0.2) is 5.60 Å². The maximum Gasteiger partial charge on any atom is 0.414 e. The van der Waals surface area contributed by atoms with Crippen LogP contribution in [0.2, 0.25) is 0 Å². The molecule has 1 saturated carbocycles. The van der Waals surface area contributed by atoms with Crippen LogP contribution >= 0.6 is 11.3 Å². The van der Waals surface area contributed by atoms with Crippen LogP contribution in [0.3, 0.4) is 0 Å². The molecule has 1 aliphatic carbocycles. The first-order chi connectivity index (χ1) is 17.5. The molecule has 3 aliphatic rings. The summed E-state index contributed by atoms with van der Waals surface area (Å²) in [5.41, 5.74) is 1.55. The maximum atomic E-state index is 12.6. The van der Waals surface area contributed by atoms with Gasteiger partial charge in [-0.2, -0.15) is 0 Å². The Labute approximate surface area is 221 Å². The topological polar surface area (TPSA) is 101 Å². The second-order valence-corrected chi connectivity index (χ2v) is 12.1. The monoisotopic (exact) mass is 529 g/mol. The molecule has 1 atom stereocenters. The molecule has 2 amide bonds. The van der Waals surface area contributed by atoms with Crippen molar-refractivity contribution in [3.63, 3.8) is 0 Å². The lowest BCUT2D eigenvalue weighted by Crippen LogP contribution is -2.61. The Hall–Kier alpha value is -2.85. The number of hydrogen-bond acceptors (Lipinski definition) is 8. The van der Waals surface area contributed by atoms with Crippen molar-refractivity contribution >= 4 is 29.2 Å². The van der Waals surface area contributed by atoms with Gasteiger partial charge in [0.1, 0.15) is 16.4 Å². The van der Waals surface area contributed by atoms with Crippen molar-refractivity contribution < 1.29 is 28.9 Å². The predicted molar refractivity (Wildman–Crippen MR) is 140 cm³/mol. The number of ether oxygens (including phenoxy) is 3. The van der Waals surface area contributed by atoms with E-state index in [4.69, 9.17) is 19.2 Å². The van der Waals surface area contributed by atoms with E-state index in [1.807, 2.05) is 45.2 Å². The van der Waals surface area contributed by atoms with Crippen molar-refractivity contribution in [2.45, 2.75) is 83.1 Å². The number of β-amino-alcohol motifs (C(OH)–C–C–N with tert-alkyl or cyclic N) is 1. The summed E-state index contributed by atoms with van der Waals surface area (Å²) in [6.07, 6.45) is 4.06. The van der Waals surface area contributed by atoms with Crippen LogP contribution in [0.15, 0.2) is 17.5 Å². The molecule has 0 radical (unpaired) electrons. The van der Waals surface area contributed by atoms with Crippen molar-refractivity contribution in [3.05, 3.63) is 28.1 Å². The van der Waals surface area contributed by atoms with Crippen LogP contribution in [0.4, 0.5) is 15.3 Å². The zero-order valence-corrected chi connectivity index (χ0v) is 22.9. The number of carbonyl (C=O) groups is 2. The molecule has 1 aromatic carbocycles. The number of hydrogen-bond donors (Lipinski definition) is 1. The van der Waals surface area contributed by atoms with E-state index in [0.29, 0.717) is 10.7 Å². The van der Waals surface area contributed by atoms with Gasteiger partial charge in [0.25, 0.3) is 0 Å². The number of likely N-dealkylation sites (tertiary alicyclic amines) is 1. The van der Waals surface area contributed by atoms with Gasteiger partial charge in [0, 0.05) is 22.5 Å². The number of nitrogens with zero attached hydrogens (tertiary/aromatic N) is 3. The molecule has 0 unspecified atom stereocenters. The molecule has 37 heavy (non-hydrogen) atoms. The maximum absolute atomic E-state index is 12.6. The van der Waals surface area contributed by atoms with Crippen molar-refractivity contribution in [2.75, 3.05) is 25.1 Å². The Morgan fingerprint density at radius 3 is 2.51 bits per heavy atom. The second-order valence-electron chi connectivity index (χ2n) is 11.2. The molecule has 10 heteroatoms. The first-order valence-electron chi connectivity index (χ1n) is 12.9. The summed E-state index contributed by atoms with van der Waals surface area (Å²) in [7, 11) is 1.40. The minimum Gasteiger partial charge on any atom is -0.489 e. The van der Waals surface area contributed by atoms with E-state index >= 15 is 0 Å². The molecule has 200 valence electrons. The van der Waals surface area contributed by atoms with Crippen LogP contribution < -0.4 is 9.64 Å². The number of amides is 2. The first kappa shape index (κ1) is 25.8. The Kier molecular flexibility index (Phi) is 6.60. The number of carbonyl (C=O) groups excluding carboxylic acids is 2. The zero-order valence-electron chi connectivity index (χ0n) is 22.1. The summed E-state index contributed by atoms with van der Waals surface area (Å²) in [4.78, 5) is 32.9. The van der Waals surface area contributed by atoms with Crippen molar-refractivity contribution in [2.24, 2.45) is 0 Å². The van der Waals surface area contributed by atoms with Gasteiger partial charge in [-0.25, -0.2) is 14.6 Å². The number of aliphatic hydroxyl groups is 1. The molecular formula is C27H35N3O6S. The molecule has 0 spiro atoms. The van der Waals surface area contributed by atoms with E-state index in [0.717, 1.165) is 54.7 Å². The summed E-state index contributed by atoms with van der Waals surface area (Å²) >= 11 is 1.37. The summed E-state index contributed by atoms with van der Waals surface area (Å²) in [6, 6.07) is 3.90. The number of fused-ring (bicyclic) bond motifs is 1. The number of aromatic nitrogens is 1. The average molecular weight is 530 g/mol. The Balaban J connectivity index is 1.44. The van der Waals surface area contributed by atoms with Gasteiger partial charge in [0.05, 0.1) is 37.7 Å². The van der Waals surface area contributed by atoms with Crippen molar-refractivity contribution in [1.82, 2.24) is 9.88 Å². The molecule has 2 aliphatic heterocycles. The number of thiazole rings is 1. The Bertz CT molecular complexity index is 1200. The summed E-state index contributed by atoms with van der Waals surface area (Å²) < 4.78 is 17.0. The van der Waals surface area contributed by atoms with Gasteiger partial charge >= 0.3 is 12.2 Å². The van der Waals surface area contributed by atoms with E-state index in [9.17, 15) is 14.7 Å². The number of benzene rings is 1. The van der Waals surface area contributed by atoms with Gasteiger partial charge in [-0.05, 0) is 71.9 Å². The van der Waals surface area contributed by atoms with Gasteiger partial charge in [-0.1, -0.05) is 0 Å². The van der Waals surface area contributed by atoms with E-state index in [1.165, 1.54) is 23.3 Å². The second kappa shape index (κ2) is 9.47. The van der Waals surface area contributed by atoms with E-state index in [1.54, 1.807) is 4.90 Å². The number of rotatable bonds is 4. The van der Waals surface area contributed by atoms with Crippen LogP contribution in [-0.4, -0.2) is 65.1 Å². The third-order valence-electron chi connectivity index (χ3n) is 7.19. The third kappa shape index (κ3) is 4.88. The van der Waals surface area contributed by atoms with Gasteiger partial charge in [0.2, 0.25) is 0 Å². The lowest BCUT2D eigenvalue weighted by atomic mass is 9.92. The van der Waals surface area contributed by atoms with E-state index in [2.05, 4.69) is 0 Å². The summed E-state index contributed by atoms with van der Waals surface area (Å²) in [5.74, 6) is 0.760. The molecule has 1 N–H and O–H groups in total. The minimum absolute atomic E-state index is 0.0222. The summed E-state index contributed by atoms with van der Waals surface area (Å²) in [5, 5.41) is 13.6. The number of methoxy groups -OCH3 is 1. The summed E-state index contributed by atoms with van der Waals surface area (Å²) in [6.45, 7) is 7.74. The van der Waals surface area contributed by atoms with Crippen LogP contribution in [0, 0.1) is 0 Å². The van der Waals surface area contributed by atoms with Gasteiger partial charge in [-0.15, -0.1) is 11.3 Å². The minimum atomic E-state index is -1.21. The Morgan fingerprint density at radius 2 is 1.89 bits per heavy atom. The molecule has 5 rings (SSSR count). The van der Waals surface area contributed by atoms with Crippen LogP contribution in [0.25, 0.3) is 11.3 Å². The van der Waals surface area contributed by atoms with Gasteiger partial charge < -0.3 is 24.2 Å². The standard InChI is InChI=1S/C27H35N3O6S/c1-16-9-10-19-21(30(16)25(32)34-5)12-11-18(22(19)35-17-7-6-8-17)20-13-37-23(28-20)27(33)14-29(15-27)24(31)36-26(2,3)4/h11-13,16-17,33H,6-10,14-15H2,1-5H3/t16-/m0/s1. The first-order valence-corrected chi connectivity index (χ1v) is 13.7. The van der Waals surface area contributed by atoms with Crippen LogP contribution in [0.5, 0.6) is 5.75 Å². The highest BCUT2D eigenvalue weighted by molar-refractivity contribution is 7.10. The largest absolute Gasteiger partial charge is 0.489 e. The molecule has 2 aromatic rings. The zero-order chi connectivity index (χ0) is 26.5. The fourth-order valence-electron chi connectivity index (χ4n) is 4.96. The van der Waals surface area contributed by atoms with Crippen molar-refractivity contribution in [1.29, 1.82) is 0 Å². The predicted octanol–water partition coefficient (Wildman–Crippen LogP) is 5.09. The normalized spacial score (nSPS) is 21.0. The average Bonchev–Trinajstić information content (AvgIpc) is 3.27. The van der Waals surface area contributed by atoms with Crippen LogP contribution in [-0.2, 0) is 21.5 Å². The quantitative estimate of drug-likeness (QED) is 0.589. The van der Waals surface area contributed by atoms with E-state index < -0.39 is 17.3 Å². The molecule has 1 saturated heterocycles. The third-order valence-corrected chi connectivity index (χ3v) is 8.23. The molecule has 0 bridgehead atoms. The highest BCUT2D eigenvalue weighted by Gasteiger charge is 2.48. The lowest BCUT2D eigenvalue weighted by Gasteiger charge is -2.45. The van der Waals surface area contributed by atoms with E-state index in [-0.39, 0.29) is 31.3 Å². The van der Waals surface area contributed by atoms with Crippen molar-refractivity contribution in [3.8, 4) is 17.0 Å². The fourth-order valence-corrected chi connectivity index (χ4v) is 5.86. The fraction of sp³-hybridized carbons (Fsp3) is 0.593. The molecule has 1 aromatic heterocycles. The highest BCUT2D eigenvalue weighted by Crippen LogP contribution is 2.46. The SMILES string of the molecule is COC(=O)N1c2ccc(-c3csc(C4(O)CN(C(=O)OC(C)(C)C)C4)n3)c(OC3CCC3)c2CC[C@@H]1C. The molecule has 2 fully saturated rings. The molecular weight excluding hydrogens is 494 g/mol. The highest BCUT2D eigenvalue weighted by atomic mass is 32.1. The molecule has 3 heterocycles.